The minimum Gasteiger partial charge on any atom is -0.457 e. The van der Waals surface area contributed by atoms with Gasteiger partial charge in [-0.05, 0) is 78.8 Å². The van der Waals surface area contributed by atoms with Crippen molar-refractivity contribution in [2.75, 3.05) is 30.8 Å². The third-order valence-electron chi connectivity index (χ3n) is 8.14. The Bertz CT molecular complexity index is 1720. The first-order chi connectivity index (χ1) is 23.5. The second-order valence-corrected chi connectivity index (χ2v) is 11.8. The van der Waals surface area contributed by atoms with Gasteiger partial charge in [-0.1, -0.05) is 60.7 Å². The van der Waals surface area contributed by atoms with E-state index in [-0.39, 0.29) is 24.8 Å². The summed E-state index contributed by atoms with van der Waals surface area (Å²) in [4.78, 5) is 19.5. The van der Waals surface area contributed by atoms with Gasteiger partial charge in [0.25, 0.3) is 0 Å². The van der Waals surface area contributed by atoms with E-state index in [1.165, 1.54) is 0 Å². The molecule has 0 radical (unpaired) electrons. The van der Waals surface area contributed by atoms with Gasteiger partial charge in [0, 0.05) is 54.8 Å². The fourth-order valence-corrected chi connectivity index (χ4v) is 5.57. The number of anilines is 2. The normalized spacial score (nSPS) is 17.5. The number of nitrogens with zero attached hydrogens (tertiary/aromatic N) is 2. The molecule has 0 spiro atoms. The van der Waals surface area contributed by atoms with Gasteiger partial charge in [-0.15, -0.1) is 0 Å². The highest BCUT2D eigenvalue weighted by Crippen LogP contribution is 2.38. The van der Waals surface area contributed by atoms with Crippen LogP contribution in [0.2, 0.25) is 0 Å². The number of rotatable bonds is 12. The van der Waals surface area contributed by atoms with E-state index in [1.54, 1.807) is 24.3 Å². The zero-order chi connectivity index (χ0) is 33.1. The lowest BCUT2D eigenvalue weighted by Crippen LogP contribution is -2.38. The van der Waals surface area contributed by atoms with Gasteiger partial charge >= 0.3 is 6.03 Å². The largest absolute Gasteiger partial charge is 0.457 e. The summed E-state index contributed by atoms with van der Waals surface area (Å²) in [5, 5.41) is 15.3. The second-order valence-electron chi connectivity index (χ2n) is 11.8. The van der Waals surface area contributed by atoms with Gasteiger partial charge in [-0.3, -0.25) is 4.98 Å². The summed E-state index contributed by atoms with van der Waals surface area (Å²) >= 11 is 0. The molecule has 1 fully saturated rings. The Labute approximate surface area is 281 Å². The van der Waals surface area contributed by atoms with Gasteiger partial charge in [0.05, 0.1) is 18.8 Å². The Morgan fingerprint density at radius 1 is 0.812 bits per heavy atom. The highest BCUT2D eigenvalue weighted by Gasteiger charge is 2.32. The third-order valence-corrected chi connectivity index (χ3v) is 8.14. The summed E-state index contributed by atoms with van der Waals surface area (Å²) in [6.45, 7) is 1.58. The van der Waals surface area contributed by atoms with Gasteiger partial charge in [-0.25, -0.2) is 4.79 Å². The van der Waals surface area contributed by atoms with E-state index in [1.807, 2.05) is 103 Å². The molecule has 2 heterocycles. The summed E-state index contributed by atoms with van der Waals surface area (Å²) in [6.07, 6.45) is 2.53. The number of carbonyl (C=O) groups excluding carboxylic acids is 1. The van der Waals surface area contributed by atoms with Crippen molar-refractivity contribution < 1.29 is 24.1 Å². The molecule has 4 aromatic carbocycles. The Morgan fingerprint density at radius 2 is 1.46 bits per heavy atom. The van der Waals surface area contributed by atoms with E-state index in [0.717, 1.165) is 47.6 Å². The van der Waals surface area contributed by atoms with Crippen molar-refractivity contribution in [3.63, 3.8) is 0 Å². The monoisotopic (exact) mass is 644 g/mol. The number of hydrogen-bond donors (Lipinski definition) is 3. The SMILES string of the molecule is CN(CCc1ccccn1)CC1CC(c2ccc(CO)cc2)OC(c2ccc(NC(=O)Nc3ccc(Oc4ccccc4)cc3)cc2)O1. The van der Waals surface area contributed by atoms with Crippen molar-refractivity contribution in [3.05, 3.63) is 150 Å². The van der Waals surface area contributed by atoms with Crippen molar-refractivity contribution in [2.24, 2.45) is 0 Å². The number of urea groups is 1. The average Bonchev–Trinajstić information content (AvgIpc) is 3.12. The number of hydrogen-bond acceptors (Lipinski definition) is 7. The highest BCUT2D eigenvalue weighted by molar-refractivity contribution is 5.99. The van der Waals surface area contributed by atoms with Crippen molar-refractivity contribution in [1.82, 2.24) is 9.88 Å². The molecule has 9 nitrogen and oxygen atoms in total. The van der Waals surface area contributed by atoms with E-state index in [9.17, 15) is 9.90 Å². The number of carbonyl (C=O) groups is 1. The molecule has 2 amide bonds. The second kappa shape index (κ2) is 16.2. The van der Waals surface area contributed by atoms with Crippen LogP contribution in [0.1, 0.15) is 41.2 Å². The molecule has 246 valence electrons. The fraction of sp³-hybridized carbons (Fsp3) is 0.231. The molecular weight excluding hydrogens is 604 g/mol. The first kappa shape index (κ1) is 32.9. The third kappa shape index (κ3) is 9.27. The van der Waals surface area contributed by atoms with E-state index in [0.29, 0.717) is 23.5 Å². The van der Waals surface area contributed by atoms with E-state index < -0.39 is 6.29 Å². The van der Waals surface area contributed by atoms with Gasteiger partial charge < -0.3 is 34.9 Å². The quantitative estimate of drug-likeness (QED) is 0.128. The molecule has 6 rings (SSSR count). The molecule has 1 saturated heterocycles. The lowest BCUT2D eigenvalue weighted by Gasteiger charge is -2.38. The van der Waals surface area contributed by atoms with Crippen molar-refractivity contribution in [3.8, 4) is 11.5 Å². The average molecular weight is 645 g/mol. The van der Waals surface area contributed by atoms with E-state index in [2.05, 4.69) is 27.6 Å². The Morgan fingerprint density at radius 3 is 2.12 bits per heavy atom. The molecule has 1 aliphatic rings. The molecule has 48 heavy (non-hydrogen) atoms. The smallest absolute Gasteiger partial charge is 0.323 e. The van der Waals surface area contributed by atoms with E-state index >= 15 is 0 Å². The summed E-state index contributed by atoms with van der Waals surface area (Å²) in [5.41, 5.74) is 5.09. The van der Waals surface area contributed by atoms with Crippen LogP contribution in [0, 0.1) is 0 Å². The van der Waals surface area contributed by atoms with Crippen LogP contribution < -0.4 is 15.4 Å². The lowest BCUT2D eigenvalue weighted by molar-refractivity contribution is -0.252. The molecule has 3 N–H and O–H groups in total. The van der Waals surface area contributed by atoms with E-state index in [4.69, 9.17) is 14.2 Å². The zero-order valence-corrected chi connectivity index (χ0v) is 26.9. The fourth-order valence-electron chi connectivity index (χ4n) is 5.57. The lowest BCUT2D eigenvalue weighted by atomic mass is 9.99. The topological polar surface area (TPSA) is 105 Å². The number of benzene rings is 4. The van der Waals surface area contributed by atoms with Crippen LogP contribution in [0.4, 0.5) is 16.2 Å². The zero-order valence-electron chi connectivity index (χ0n) is 26.9. The van der Waals surface area contributed by atoms with Crippen LogP contribution in [-0.2, 0) is 22.5 Å². The molecule has 1 aliphatic heterocycles. The predicted molar refractivity (Wildman–Crippen MR) is 186 cm³/mol. The molecule has 0 aliphatic carbocycles. The summed E-state index contributed by atoms with van der Waals surface area (Å²) in [7, 11) is 2.10. The number of para-hydroxylation sites is 1. The van der Waals surface area contributed by atoms with Crippen LogP contribution in [0.25, 0.3) is 0 Å². The van der Waals surface area contributed by atoms with Crippen molar-refractivity contribution in [2.45, 2.75) is 37.9 Å². The number of pyridine rings is 1. The van der Waals surface area contributed by atoms with Gasteiger partial charge in [0.2, 0.25) is 0 Å². The van der Waals surface area contributed by atoms with Crippen LogP contribution in [0.15, 0.2) is 128 Å². The van der Waals surface area contributed by atoms with Crippen LogP contribution in [-0.4, -0.2) is 47.3 Å². The standard InChI is InChI=1S/C39H40N4O5/c1-43(24-22-31-7-5-6-23-40-31)26-36-25-37(29-12-10-28(27-44)11-13-29)48-38(47-36)30-14-16-32(17-15-30)41-39(45)42-33-18-20-35(21-19-33)46-34-8-3-2-4-9-34/h2-21,23,36-38,44H,22,24-27H2,1H3,(H2,41,42,45). The minimum absolute atomic E-state index is 0.00433. The van der Waals surface area contributed by atoms with Gasteiger partial charge in [0.15, 0.2) is 6.29 Å². The molecular formula is C39H40N4O5. The van der Waals surface area contributed by atoms with Gasteiger partial charge in [-0.2, -0.15) is 0 Å². The first-order valence-corrected chi connectivity index (χ1v) is 16.1. The molecule has 0 bridgehead atoms. The number of aliphatic hydroxyl groups is 1. The number of nitrogens with one attached hydrogen (secondary N) is 2. The first-order valence-electron chi connectivity index (χ1n) is 16.1. The summed E-state index contributed by atoms with van der Waals surface area (Å²) in [6, 6.07) is 37.7. The predicted octanol–water partition coefficient (Wildman–Crippen LogP) is 7.73. The molecule has 0 saturated carbocycles. The Hall–Kier alpha value is -5.06. The summed E-state index contributed by atoms with van der Waals surface area (Å²) in [5.74, 6) is 1.42. The van der Waals surface area contributed by atoms with Crippen LogP contribution >= 0.6 is 0 Å². The number of amides is 2. The van der Waals surface area contributed by atoms with Crippen molar-refractivity contribution in [1.29, 1.82) is 0 Å². The van der Waals surface area contributed by atoms with Crippen LogP contribution in [0.3, 0.4) is 0 Å². The number of aliphatic hydroxyl groups excluding tert-OH is 1. The van der Waals surface area contributed by atoms with Gasteiger partial charge in [0.1, 0.15) is 11.5 Å². The molecule has 3 atom stereocenters. The maximum Gasteiger partial charge on any atom is 0.323 e. The Kier molecular flexibility index (Phi) is 11.1. The molecule has 1 aromatic heterocycles. The number of ether oxygens (including phenoxy) is 3. The Balaban J connectivity index is 1.07. The molecule has 3 unspecified atom stereocenters. The minimum atomic E-state index is -0.588. The molecule has 9 heteroatoms. The van der Waals surface area contributed by atoms with Crippen molar-refractivity contribution >= 4 is 17.4 Å². The summed E-state index contributed by atoms with van der Waals surface area (Å²) < 4.78 is 18.8. The van der Waals surface area contributed by atoms with Crippen LogP contribution in [0.5, 0.6) is 11.5 Å². The maximum absolute atomic E-state index is 12.8. The highest BCUT2D eigenvalue weighted by atomic mass is 16.7. The number of aromatic nitrogens is 1. The molecule has 5 aromatic rings. The maximum atomic E-state index is 12.8. The number of likely N-dealkylation sites (N-methyl/N-ethyl adjacent to an activating group) is 1.